The molecule has 25 heavy (non-hydrogen) atoms. The van der Waals surface area contributed by atoms with Gasteiger partial charge in [0.05, 0.1) is 25.8 Å². The molecule has 2 aromatic carbocycles. The predicted octanol–water partition coefficient (Wildman–Crippen LogP) is 2.74. The Morgan fingerprint density at radius 2 is 1.60 bits per heavy atom. The Labute approximate surface area is 146 Å². The third-order valence-electron chi connectivity index (χ3n) is 3.60. The van der Waals surface area contributed by atoms with Crippen LogP contribution in [0.25, 0.3) is 0 Å². The van der Waals surface area contributed by atoms with Crippen LogP contribution in [-0.2, 0) is 9.53 Å². The second-order valence-electron chi connectivity index (χ2n) is 5.38. The molecule has 6 heteroatoms. The molecule has 0 heterocycles. The molecule has 0 aliphatic heterocycles. The van der Waals surface area contributed by atoms with Crippen LogP contribution in [0.15, 0.2) is 48.5 Å². The largest absolute Gasteiger partial charge is 0.497 e. The minimum Gasteiger partial charge on any atom is -0.497 e. The summed E-state index contributed by atoms with van der Waals surface area (Å²) >= 11 is 0. The minimum atomic E-state index is -0.625. The fourth-order valence-electron chi connectivity index (χ4n) is 2.25. The summed E-state index contributed by atoms with van der Waals surface area (Å²) < 4.78 is 15.3. The summed E-state index contributed by atoms with van der Waals surface area (Å²) in [6.07, 6.45) is 0. The number of hydrogen-bond donors (Lipinski definition) is 1. The predicted molar refractivity (Wildman–Crippen MR) is 92.8 cm³/mol. The zero-order chi connectivity index (χ0) is 18.2. The van der Waals surface area contributed by atoms with Crippen LogP contribution >= 0.6 is 0 Å². The van der Waals surface area contributed by atoms with E-state index in [0.717, 1.165) is 5.56 Å². The van der Waals surface area contributed by atoms with Crippen LogP contribution in [0.4, 0.5) is 0 Å². The van der Waals surface area contributed by atoms with E-state index in [0.29, 0.717) is 11.5 Å². The lowest BCUT2D eigenvalue weighted by Gasteiger charge is -2.14. The lowest BCUT2D eigenvalue weighted by atomic mass is 10.1. The van der Waals surface area contributed by atoms with E-state index in [1.165, 1.54) is 26.4 Å². The average Bonchev–Trinajstić information content (AvgIpc) is 2.66. The molecule has 0 aliphatic carbocycles. The molecule has 0 fully saturated rings. The van der Waals surface area contributed by atoms with Crippen molar-refractivity contribution < 1.29 is 23.8 Å². The van der Waals surface area contributed by atoms with E-state index in [-0.39, 0.29) is 24.1 Å². The van der Waals surface area contributed by atoms with E-state index < -0.39 is 5.97 Å². The molecule has 0 saturated heterocycles. The fraction of sp³-hybridized carbons (Fsp3) is 0.263. The van der Waals surface area contributed by atoms with E-state index in [1.54, 1.807) is 6.07 Å². The SMILES string of the molecule is COc1cc(OC)cc(C(=O)OCC(=O)N[C@@H](C)c2ccccc2)c1. The van der Waals surface area contributed by atoms with Gasteiger partial charge < -0.3 is 19.5 Å². The number of hydrogen-bond acceptors (Lipinski definition) is 5. The van der Waals surface area contributed by atoms with Gasteiger partial charge in [-0.2, -0.15) is 0 Å². The standard InChI is InChI=1S/C19H21NO5/c1-13(14-7-5-4-6-8-14)20-18(21)12-25-19(22)15-9-16(23-2)11-17(10-15)24-3/h4-11,13H,12H2,1-3H3,(H,20,21)/t13-/m0/s1. The maximum Gasteiger partial charge on any atom is 0.338 e. The molecule has 0 bridgehead atoms. The van der Waals surface area contributed by atoms with Gasteiger partial charge in [0.2, 0.25) is 0 Å². The quantitative estimate of drug-likeness (QED) is 0.783. The second-order valence-corrected chi connectivity index (χ2v) is 5.38. The Hall–Kier alpha value is -3.02. The molecule has 132 valence electrons. The maximum atomic E-state index is 12.1. The minimum absolute atomic E-state index is 0.177. The van der Waals surface area contributed by atoms with Crippen molar-refractivity contribution in [1.29, 1.82) is 0 Å². The molecule has 2 rings (SSSR count). The maximum absolute atomic E-state index is 12.1. The number of ether oxygens (including phenoxy) is 3. The molecule has 0 unspecified atom stereocenters. The highest BCUT2D eigenvalue weighted by atomic mass is 16.5. The zero-order valence-corrected chi connectivity index (χ0v) is 14.4. The van der Waals surface area contributed by atoms with Gasteiger partial charge in [-0.25, -0.2) is 4.79 Å². The van der Waals surface area contributed by atoms with Crippen LogP contribution < -0.4 is 14.8 Å². The number of carbonyl (C=O) groups is 2. The van der Waals surface area contributed by atoms with Crippen LogP contribution in [0.3, 0.4) is 0 Å². The molecule has 2 aromatic rings. The van der Waals surface area contributed by atoms with E-state index >= 15 is 0 Å². The van der Waals surface area contributed by atoms with Crippen LogP contribution in [-0.4, -0.2) is 32.7 Å². The Bertz CT molecular complexity index is 708. The van der Waals surface area contributed by atoms with Gasteiger partial charge >= 0.3 is 5.97 Å². The highest BCUT2D eigenvalue weighted by molar-refractivity contribution is 5.92. The Balaban J connectivity index is 1.92. The van der Waals surface area contributed by atoms with Gasteiger partial charge in [0.25, 0.3) is 5.91 Å². The number of amides is 1. The molecule has 0 aromatic heterocycles. The van der Waals surface area contributed by atoms with Crippen molar-refractivity contribution in [3.8, 4) is 11.5 Å². The number of benzene rings is 2. The molecule has 1 N–H and O–H groups in total. The van der Waals surface area contributed by atoms with Gasteiger partial charge in [-0.15, -0.1) is 0 Å². The van der Waals surface area contributed by atoms with Crippen molar-refractivity contribution in [2.24, 2.45) is 0 Å². The first-order valence-corrected chi connectivity index (χ1v) is 7.78. The highest BCUT2D eigenvalue weighted by Crippen LogP contribution is 2.23. The normalized spacial score (nSPS) is 11.3. The van der Waals surface area contributed by atoms with Gasteiger partial charge in [0, 0.05) is 6.07 Å². The molecule has 6 nitrogen and oxygen atoms in total. The fourth-order valence-corrected chi connectivity index (χ4v) is 2.25. The van der Waals surface area contributed by atoms with Crippen molar-refractivity contribution in [3.63, 3.8) is 0 Å². The number of carbonyl (C=O) groups excluding carboxylic acids is 2. The number of nitrogens with one attached hydrogen (secondary N) is 1. The summed E-state index contributed by atoms with van der Waals surface area (Å²) in [5, 5.41) is 2.78. The molecule has 1 atom stereocenters. The lowest BCUT2D eigenvalue weighted by molar-refractivity contribution is -0.124. The van der Waals surface area contributed by atoms with Gasteiger partial charge in [0.15, 0.2) is 6.61 Å². The van der Waals surface area contributed by atoms with Crippen LogP contribution in [0, 0.1) is 0 Å². The van der Waals surface area contributed by atoms with E-state index in [9.17, 15) is 9.59 Å². The topological polar surface area (TPSA) is 73.9 Å². The van der Waals surface area contributed by atoms with Crippen molar-refractivity contribution in [2.45, 2.75) is 13.0 Å². The third kappa shape index (κ3) is 5.24. The first kappa shape index (κ1) is 18.3. The van der Waals surface area contributed by atoms with Crippen molar-refractivity contribution in [3.05, 3.63) is 59.7 Å². The molecule has 1 amide bonds. The number of rotatable bonds is 7. The Kier molecular flexibility index (Phi) is 6.39. The molecular formula is C19H21NO5. The zero-order valence-electron chi connectivity index (χ0n) is 14.4. The van der Waals surface area contributed by atoms with Gasteiger partial charge in [-0.05, 0) is 24.6 Å². The summed E-state index contributed by atoms with van der Waals surface area (Å²) in [5.41, 5.74) is 1.22. The van der Waals surface area contributed by atoms with Crippen molar-refractivity contribution in [2.75, 3.05) is 20.8 Å². The Morgan fingerprint density at radius 1 is 1.00 bits per heavy atom. The molecule has 0 radical (unpaired) electrons. The molecular weight excluding hydrogens is 322 g/mol. The van der Waals surface area contributed by atoms with E-state index in [4.69, 9.17) is 14.2 Å². The Morgan fingerprint density at radius 3 is 2.16 bits per heavy atom. The summed E-state index contributed by atoms with van der Waals surface area (Å²) in [6, 6.07) is 14.0. The summed E-state index contributed by atoms with van der Waals surface area (Å²) in [6.45, 7) is 1.50. The van der Waals surface area contributed by atoms with Crippen LogP contribution in [0.5, 0.6) is 11.5 Å². The van der Waals surface area contributed by atoms with Crippen molar-refractivity contribution in [1.82, 2.24) is 5.32 Å². The molecule has 0 aliphatic rings. The summed E-state index contributed by atoms with van der Waals surface area (Å²) in [5.74, 6) is -0.0684. The summed E-state index contributed by atoms with van der Waals surface area (Å²) in [4.78, 5) is 24.1. The summed E-state index contributed by atoms with van der Waals surface area (Å²) in [7, 11) is 2.98. The van der Waals surface area contributed by atoms with Crippen LogP contribution in [0.2, 0.25) is 0 Å². The van der Waals surface area contributed by atoms with Gasteiger partial charge in [-0.3, -0.25) is 4.79 Å². The molecule has 0 spiro atoms. The monoisotopic (exact) mass is 343 g/mol. The highest BCUT2D eigenvalue weighted by Gasteiger charge is 2.15. The third-order valence-corrected chi connectivity index (χ3v) is 3.60. The number of methoxy groups -OCH3 is 2. The van der Waals surface area contributed by atoms with Crippen LogP contribution in [0.1, 0.15) is 28.9 Å². The first-order valence-electron chi connectivity index (χ1n) is 7.78. The van der Waals surface area contributed by atoms with Gasteiger partial charge in [-0.1, -0.05) is 30.3 Å². The second kappa shape index (κ2) is 8.73. The van der Waals surface area contributed by atoms with Gasteiger partial charge in [0.1, 0.15) is 11.5 Å². The number of esters is 1. The lowest BCUT2D eigenvalue weighted by Crippen LogP contribution is -2.31. The van der Waals surface area contributed by atoms with E-state index in [2.05, 4.69) is 5.32 Å². The first-order chi connectivity index (χ1) is 12.0. The van der Waals surface area contributed by atoms with Crippen molar-refractivity contribution >= 4 is 11.9 Å². The van der Waals surface area contributed by atoms with E-state index in [1.807, 2.05) is 37.3 Å². The molecule has 0 saturated carbocycles. The smallest absolute Gasteiger partial charge is 0.338 e. The average molecular weight is 343 g/mol.